The van der Waals surface area contributed by atoms with Crippen LogP contribution in [0.2, 0.25) is 0 Å². The van der Waals surface area contributed by atoms with Gasteiger partial charge < -0.3 is 19.7 Å². The largest absolute Gasteiger partial charge is 0.459 e. The molecule has 0 radical (unpaired) electrons. The lowest BCUT2D eigenvalue weighted by molar-refractivity contribution is 0.200. The van der Waals surface area contributed by atoms with Gasteiger partial charge in [0.1, 0.15) is 18.1 Å². The molecule has 0 saturated carbocycles. The maximum absolute atomic E-state index is 10.5. The van der Waals surface area contributed by atoms with Gasteiger partial charge in [0.25, 0.3) is 0 Å². The smallest absolute Gasteiger partial charge is 0.130 e. The first-order valence-corrected chi connectivity index (χ1v) is 8.61. The van der Waals surface area contributed by atoms with E-state index in [-0.39, 0.29) is 13.2 Å². The van der Waals surface area contributed by atoms with E-state index in [1.54, 1.807) is 12.1 Å². The molecule has 0 bridgehead atoms. The van der Waals surface area contributed by atoms with E-state index in [9.17, 15) is 10.2 Å². The van der Waals surface area contributed by atoms with E-state index in [4.69, 9.17) is 9.52 Å². The Labute approximate surface area is 144 Å². The minimum Gasteiger partial charge on any atom is -0.459 e. The summed E-state index contributed by atoms with van der Waals surface area (Å²) in [6, 6.07) is 3.59. The molecule has 4 heteroatoms. The van der Waals surface area contributed by atoms with Gasteiger partial charge in [0, 0.05) is 0 Å². The average Bonchev–Trinajstić information content (AvgIpc) is 3.03. The third-order valence-corrected chi connectivity index (χ3v) is 4.01. The number of rotatable bonds is 11. The normalized spacial score (nSPS) is 14.0. The van der Waals surface area contributed by atoms with Crippen molar-refractivity contribution in [2.45, 2.75) is 58.7 Å². The number of furan rings is 1. The minimum atomic E-state index is -0.629. The van der Waals surface area contributed by atoms with Crippen molar-refractivity contribution in [2.75, 3.05) is 6.61 Å². The molecule has 1 unspecified atom stereocenters. The van der Waals surface area contributed by atoms with Crippen LogP contribution in [-0.4, -0.2) is 28.0 Å². The van der Waals surface area contributed by atoms with Crippen LogP contribution in [0.15, 0.2) is 45.9 Å². The van der Waals surface area contributed by atoms with Gasteiger partial charge in [0.05, 0.1) is 12.7 Å². The van der Waals surface area contributed by atoms with Gasteiger partial charge >= 0.3 is 0 Å². The molecule has 1 aromatic heterocycles. The van der Waals surface area contributed by atoms with Crippen LogP contribution in [0.1, 0.15) is 57.5 Å². The quantitative estimate of drug-likeness (QED) is 0.535. The fourth-order valence-corrected chi connectivity index (χ4v) is 2.65. The predicted octanol–water partition coefficient (Wildman–Crippen LogP) is 3.98. The van der Waals surface area contributed by atoms with Crippen molar-refractivity contribution in [3.63, 3.8) is 0 Å². The molecule has 3 N–H and O–H groups in total. The van der Waals surface area contributed by atoms with Crippen LogP contribution in [0.4, 0.5) is 0 Å². The van der Waals surface area contributed by atoms with Crippen LogP contribution in [0.5, 0.6) is 0 Å². The Hall–Kier alpha value is -1.62. The Morgan fingerprint density at radius 1 is 1.25 bits per heavy atom. The van der Waals surface area contributed by atoms with Crippen LogP contribution in [0, 0.1) is 0 Å². The van der Waals surface area contributed by atoms with E-state index in [1.165, 1.54) is 0 Å². The van der Waals surface area contributed by atoms with Gasteiger partial charge in [-0.2, -0.15) is 0 Å². The SMILES string of the molecule is C=C(CCC)/C(=C/CO)C(O)CC/C(=C/c1ccc(CO)o1)CC. The van der Waals surface area contributed by atoms with Gasteiger partial charge in [-0.3, -0.25) is 0 Å². The predicted molar refractivity (Wildman–Crippen MR) is 97.4 cm³/mol. The molecular weight excluding hydrogens is 304 g/mol. The first-order valence-electron chi connectivity index (χ1n) is 8.61. The van der Waals surface area contributed by atoms with E-state index in [2.05, 4.69) is 20.4 Å². The molecule has 1 heterocycles. The molecule has 4 nitrogen and oxygen atoms in total. The van der Waals surface area contributed by atoms with Gasteiger partial charge in [-0.15, -0.1) is 0 Å². The molecule has 0 fully saturated rings. The summed E-state index contributed by atoms with van der Waals surface area (Å²) in [6.45, 7) is 7.94. The molecule has 0 saturated heterocycles. The molecule has 0 aliphatic carbocycles. The molecule has 1 atom stereocenters. The average molecular weight is 334 g/mol. The highest BCUT2D eigenvalue weighted by atomic mass is 16.4. The highest BCUT2D eigenvalue weighted by Gasteiger charge is 2.14. The highest BCUT2D eigenvalue weighted by Crippen LogP contribution is 2.24. The Kier molecular flexibility index (Phi) is 9.38. The van der Waals surface area contributed by atoms with Crippen LogP contribution in [-0.2, 0) is 6.61 Å². The minimum absolute atomic E-state index is 0.0953. The highest BCUT2D eigenvalue weighted by molar-refractivity contribution is 5.47. The number of hydrogen-bond donors (Lipinski definition) is 3. The van der Waals surface area contributed by atoms with Gasteiger partial charge in [-0.05, 0) is 55.0 Å². The third-order valence-electron chi connectivity index (χ3n) is 4.01. The zero-order chi connectivity index (χ0) is 17.9. The first kappa shape index (κ1) is 20.4. The summed E-state index contributed by atoms with van der Waals surface area (Å²) in [5.74, 6) is 1.26. The lowest BCUT2D eigenvalue weighted by Gasteiger charge is -2.18. The van der Waals surface area contributed by atoms with Crippen molar-refractivity contribution in [3.05, 3.63) is 53.0 Å². The number of aliphatic hydroxyl groups is 3. The second kappa shape index (κ2) is 11.0. The summed E-state index contributed by atoms with van der Waals surface area (Å²) < 4.78 is 5.48. The first-order chi connectivity index (χ1) is 11.5. The number of aliphatic hydroxyl groups excluding tert-OH is 3. The van der Waals surface area contributed by atoms with Crippen LogP contribution < -0.4 is 0 Å². The lowest BCUT2D eigenvalue weighted by atomic mass is 9.93. The molecule has 24 heavy (non-hydrogen) atoms. The summed E-state index contributed by atoms with van der Waals surface area (Å²) >= 11 is 0. The standard InChI is InChI=1S/C20H30O4/c1-4-6-15(3)19(11-12-21)20(23)10-7-16(5-2)13-17-8-9-18(14-22)24-17/h8-9,11,13,20-23H,3-7,10,12,14H2,1-2H3/b16-13+,19-11-. The molecule has 1 rings (SSSR count). The second-order valence-corrected chi connectivity index (χ2v) is 5.87. The maximum atomic E-state index is 10.5. The molecule has 0 aromatic carbocycles. The van der Waals surface area contributed by atoms with Gasteiger partial charge in [-0.25, -0.2) is 0 Å². The Bertz CT molecular complexity index is 566. The second-order valence-electron chi connectivity index (χ2n) is 5.87. The van der Waals surface area contributed by atoms with Crippen molar-refractivity contribution >= 4 is 6.08 Å². The van der Waals surface area contributed by atoms with Crippen molar-refractivity contribution in [1.29, 1.82) is 0 Å². The summed E-state index contributed by atoms with van der Waals surface area (Å²) in [6.07, 6.45) is 6.92. The monoisotopic (exact) mass is 334 g/mol. The maximum Gasteiger partial charge on any atom is 0.130 e. The van der Waals surface area contributed by atoms with Gasteiger partial charge in [0.15, 0.2) is 0 Å². The molecule has 1 aromatic rings. The lowest BCUT2D eigenvalue weighted by Crippen LogP contribution is -2.13. The molecule has 0 amide bonds. The van der Waals surface area contributed by atoms with E-state index in [0.717, 1.165) is 42.4 Å². The fraction of sp³-hybridized carbons (Fsp3) is 0.500. The van der Waals surface area contributed by atoms with Crippen LogP contribution in [0.25, 0.3) is 6.08 Å². The van der Waals surface area contributed by atoms with Gasteiger partial charge in [0.2, 0.25) is 0 Å². The Morgan fingerprint density at radius 3 is 2.54 bits per heavy atom. The topological polar surface area (TPSA) is 73.8 Å². The van der Waals surface area contributed by atoms with Crippen molar-refractivity contribution in [3.8, 4) is 0 Å². The molecule has 0 spiro atoms. The van der Waals surface area contributed by atoms with Crippen LogP contribution in [0.3, 0.4) is 0 Å². The Balaban J connectivity index is 2.72. The fourth-order valence-electron chi connectivity index (χ4n) is 2.65. The van der Waals surface area contributed by atoms with Crippen LogP contribution >= 0.6 is 0 Å². The zero-order valence-corrected chi connectivity index (χ0v) is 14.8. The number of hydrogen-bond acceptors (Lipinski definition) is 4. The van der Waals surface area contributed by atoms with E-state index >= 15 is 0 Å². The van der Waals surface area contributed by atoms with Crippen molar-refractivity contribution in [1.82, 2.24) is 0 Å². The number of allylic oxidation sites excluding steroid dienone is 1. The summed E-state index contributed by atoms with van der Waals surface area (Å²) in [5.41, 5.74) is 2.80. The van der Waals surface area contributed by atoms with Gasteiger partial charge in [-0.1, -0.05) is 38.5 Å². The van der Waals surface area contributed by atoms with E-state index in [1.807, 2.05) is 12.1 Å². The molecule has 134 valence electrons. The van der Waals surface area contributed by atoms with Crippen molar-refractivity contribution in [2.24, 2.45) is 0 Å². The van der Waals surface area contributed by atoms with E-state index in [0.29, 0.717) is 17.9 Å². The van der Waals surface area contributed by atoms with E-state index < -0.39 is 6.10 Å². The summed E-state index contributed by atoms with van der Waals surface area (Å²) in [5, 5.41) is 28.7. The zero-order valence-electron chi connectivity index (χ0n) is 14.8. The third kappa shape index (κ3) is 6.48. The Morgan fingerprint density at radius 2 is 2.00 bits per heavy atom. The molecular formula is C20H30O4. The molecule has 0 aliphatic rings. The van der Waals surface area contributed by atoms with Crippen molar-refractivity contribution < 1.29 is 19.7 Å². The molecule has 0 aliphatic heterocycles. The summed E-state index contributed by atoms with van der Waals surface area (Å²) in [4.78, 5) is 0. The summed E-state index contributed by atoms with van der Waals surface area (Å²) in [7, 11) is 0.